The third kappa shape index (κ3) is 4.48. The van der Waals surface area contributed by atoms with E-state index in [0.29, 0.717) is 19.0 Å². The van der Waals surface area contributed by atoms with Gasteiger partial charge < -0.3 is 15.0 Å². The fraction of sp³-hybridized carbons (Fsp3) is 0.294. The average molecular weight is 299 g/mol. The van der Waals surface area contributed by atoms with E-state index in [1.807, 2.05) is 49.4 Å². The molecule has 0 fully saturated rings. The minimum absolute atomic E-state index is 0.101. The number of amides is 2. The van der Waals surface area contributed by atoms with Gasteiger partial charge in [0.15, 0.2) is 0 Å². The van der Waals surface area contributed by atoms with E-state index in [0.717, 1.165) is 17.7 Å². The van der Waals surface area contributed by atoms with Crippen LogP contribution in [0.25, 0.3) is 0 Å². The van der Waals surface area contributed by atoms with Crippen LogP contribution < -0.4 is 10.1 Å². The topological polar surface area (TPSA) is 54.5 Å². The summed E-state index contributed by atoms with van der Waals surface area (Å²) in [5.74, 6) is 1.24. The summed E-state index contributed by atoms with van der Waals surface area (Å²) in [4.78, 5) is 17.8. The zero-order chi connectivity index (χ0) is 15.8. The normalized spacial score (nSPS) is 10.1. The summed E-state index contributed by atoms with van der Waals surface area (Å²) in [6.07, 6.45) is 2.59. The summed E-state index contributed by atoms with van der Waals surface area (Å²) in [5.41, 5.74) is 0.862. The highest BCUT2D eigenvalue weighted by molar-refractivity contribution is 5.73. The number of nitrogens with one attached hydrogen (secondary N) is 1. The van der Waals surface area contributed by atoms with Crippen molar-refractivity contribution in [3.63, 3.8) is 0 Å². The molecule has 1 N–H and O–H groups in total. The first-order valence-corrected chi connectivity index (χ1v) is 7.36. The predicted molar refractivity (Wildman–Crippen MR) is 85.9 cm³/mol. The SMILES string of the molecule is CCCNC(=O)N(C)Cc1cccnc1Oc1ccccc1. The third-order valence-corrected chi connectivity index (χ3v) is 3.09. The molecule has 1 aromatic carbocycles. The number of nitrogens with zero attached hydrogens (tertiary/aromatic N) is 2. The molecule has 2 rings (SSSR count). The lowest BCUT2D eigenvalue weighted by molar-refractivity contribution is 0.206. The monoisotopic (exact) mass is 299 g/mol. The minimum atomic E-state index is -0.101. The second-order valence-corrected chi connectivity index (χ2v) is 4.97. The van der Waals surface area contributed by atoms with Gasteiger partial charge in [0.2, 0.25) is 5.88 Å². The molecule has 0 aliphatic carbocycles. The number of benzene rings is 1. The first kappa shape index (κ1) is 15.8. The summed E-state index contributed by atoms with van der Waals surface area (Å²) in [6.45, 7) is 3.13. The van der Waals surface area contributed by atoms with Crippen molar-refractivity contribution >= 4 is 6.03 Å². The Morgan fingerprint density at radius 2 is 2.00 bits per heavy atom. The van der Waals surface area contributed by atoms with Crippen LogP contribution >= 0.6 is 0 Å². The van der Waals surface area contributed by atoms with E-state index < -0.39 is 0 Å². The molecule has 0 bridgehead atoms. The molecule has 5 nitrogen and oxygen atoms in total. The molecular formula is C17H21N3O2. The molecule has 2 aromatic rings. The lowest BCUT2D eigenvalue weighted by Gasteiger charge is -2.19. The molecule has 2 amide bonds. The summed E-state index contributed by atoms with van der Waals surface area (Å²) in [5, 5.41) is 2.85. The molecule has 0 aliphatic rings. The van der Waals surface area contributed by atoms with Crippen LogP contribution in [0.5, 0.6) is 11.6 Å². The number of hydrogen-bond donors (Lipinski definition) is 1. The van der Waals surface area contributed by atoms with Gasteiger partial charge >= 0.3 is 6.03 Å². The van der Waals surface area contributed by atoms with Gasteiger partial charge in [0, 0.05) is 25.4 Å². The fourth-order valence-electron chi connectivity index (χ4n) is 1.93. The van der Waals surface area contributed by atoms with Crippen LogP contribution in [0, 0.1) is 0 Å². The Kier molecular flexibility index (Phi) is 5.77. The maximum atomic E-state index is 11.9. The smallest absolute Gasteiger partial charge is 0.317 e. The lowest BCUT2D eigenvalue weighted by atomic mass is 10.2. The second-order valence-electron chi connectivity index (χ2n) is 4.97. The molecule has 116 valence electrons. The summed E-state index contributed by atoms with van der Waals surface area (Å²) in [6, 6.07) is 13.1. The Morgan fingerprint density at radius 1 is 1.23 bits per heavy atom. The summed E-state index contributed by atoms with van der Waals surface area (Å²) in [7, 11) is 1.75. The van der Waals surface area contributed by atoms with Gasteiger partial charge in [-0.1, -0.05) is 31.2 Å². The van der Waals surface area contributed by atoms with E-state index in [-0.39, 0.29) is 6.03 Å². The molecule has 0 aliphatic heterocycles. The first-order chi connectivity index (χ1) is 10.7. The van der Waals surface area contributed by atoms with Crippen molar-refractivity contribution in [1.82, 2.24) is 15.2 Å². The predicted octanol–water partition coefficient (Wildman–Crippen LogP) is 3.43. The number of ether oxygens (including phenoxy) is 1. The van der Waals surface area contributed by atoms with Crippen LogP contribution in [0.4, 0.5) is 4.79 Å². The number of carbonyl (C=O) groups is 1. The molecular weight excluding hydrogens is 278 g/mol. The Hall–Kier alpha value is -2.56. The second kappa shape index (κ2) is 8.02. The molecule has 22 heavy (non-hydrogen) atoms. The van der Waals surface area contributed by atoms with Crippen molar-refractivity contribution in [2.75, 3.05) is 13.6 Å². The van der Waals surface area contributed by atoms with Crippen molar-refractivity contribution in [3.05, 3.63) is 54.2 Å². The van der Waals surface area contributed by atoms with Crippen LogP contribution in [0.2, 0.25) is 0 Å². The maximum Gasteiger partial charge on any atom is 0.317 e. The molecule has 0 radical (unpaired) electrons. The summed E-state index contributed by atoms with van der Waals surface area (Å²) < 4.78 is 5.80. The lowest BCUT2D eigenvalue weighted by Crippen LogP contribution is -2.37. The summed E-state index contributed by atoms with van der Waals surface area (Å²) >= 11 is 0. The van der Waals surface area contributed by atoms with E-state index in [2.05, 4.69) is 10.3 Å². The first-order valence-electron chi connectivity index (χ1n) is 7.36. The van der Waals surface area contributed by atoms with E-state index in [4.69, 9.17) is 4.74 Å². The van der Waals surface area contributed by atoms with E-state index >= 15 is 0 Å². The minimum Gasteiger partial charge on any atom is -0.439 e. The van der Waals surface area contributed by atoms with E-state index in [1.54, 1.807) is 18.1 Å². The average Bonchev–Trinajstić information content (AvgIpc) is 2.55. The molecule has 0 saturated heterocycles. The van der Waals surface area contributed by atoms with Crippen LogP contribution in [-0.4, -0.2) is 29.5 Å². The number of aromatic nitrogens is 1. The standard InChI is InChI=1S/C17H21N3O2/c1-3-11-19-17(21)20(2)13-14-8-7-12-18-16(14)22-15-9-5-4-6-10-15/h4-10,12H,3,11,13H2,1-2H3,(H,19,21). The fourth-order valence-corrected chi connectivity index (χ4v) is 1.93. The number of hydrogen-bond acceptors (Lipinski definition) is 3. The molecule has 5 heteroatoms. The van der Waals surface area contributed by atoms with Gasteiger partial charge in [-0.2, -0.15) is 0 Å². The molecule has 1 heterocycles. The van der Waals surface area contributed by atoms with Crippen LogP contribution in [0.15, 0.2) is 48.7 Å². The molecule has 0 spiro atoms. The zero-order valence-corrected chi connectivity index (χ0v) is 13.0. The maximum absolute atomic E-state index is 11.9. The van der Waals surface area contributed by atoms with Gasteiger partial charge in [0.25, 0.3) is 0 Å². The molecule has 0 saturated carbocycles. The van der Waals surface area contributed by atoms with Gasteiger partial charge in [0.1, 0.15) is 5.75 Å². The zero-order valence-electron chi connectivity index (χ0n) is 13.0. The Balaban J connectivity index is 2.06. The number of urea groups is 1. The van der Waals surface area contributed by atoms with Gasteiger partial charge in [-0.25, -0.2) is 9.78 Å². The van der Waals surface area contributed by atoms with Crippen molar-refractivity contribution in [2.45, 2.75) is 19.9 Å². The van der Waals surface area contributed by atoms with Crippen LogP contribution in [0.3, 0.4) is 0 Å². The number of para-hydroxylation sites is 1. The van der Waals surface area contributed by atoms with Crippen LogP contribution in [0.1, 0.15) is 18.9 Å². The van der Waals surface area contributed by atoms with Crippen molar-refractivity contribution in [2.24, 2.45) is 0 Å². The van der Waals surface area contributed by atoms with E-state index in [1.165, 1.54) is 0 Å². The molecule has 1 aromatic heterocycles. The Morgan fingerprint density at radius 3 is 2.73 bits per heavy atom. The van der Waals surface area contributed by atoms with Crippen molar-refractivity contribution in [1.29, 1.82) is 0 Å². The largest absolute Gasteiger partial charge is 0.439 e. The van der Waals surface area contributed by atoms with Gasteiger partial charge in [-0.05, 0) is 24.6 Å². The molecule has 0 atom stereocenters. The number of rotatable bonds is 6. The highest BCUT2D eigenvalue weighted by Gasteiger charge is 2.12. The van der Waals surface area contributed by atoms with Gasteiger partial charge in [0.05, 0.1) is 6.54 Å². The highest BCUT2D eigenvalue weighted by atomic mass is 16.5. The van der Waals surface area contributed by atoms with Crippen molar-refractivity contribution < 1.29 is 9.53 Å². The van der Waals surface area contributed by atoms with Crippen LogP contribution in [-0.2, 0) is 6.54 Å². The van der Waals surface area contributed by atoms with Gasteiger partial charge in [-0.15, -0.1) is 0 Å². The quantitative estimate of drug-likeness (QED) is 0.889. The Labute approximate surface area is 130 Å². The number of pyridine rings is 1. The van der Waals surface area contributed by atoms with E-state index in [9.17, 15) is 4.79 Å². The number of carbonyl (C=O) groups excluding carboxylic acids is 1. The Bertz CT molecular complexity index is 602. The third-order valence-electron chi connectivity index (χ3n) is 3.09. The highest BCUT2D eigenvalue weighted by Crippen LogP contribution is 2.23. The van der Waals surface area contributed by atoms with Crippen molar-refractivity contribution in [3.8, 4) is 11.6 Å². The van der Waals surface area contributed by atoms with Gasteiger partial charge in [-0.3, -0.25) is 0 Å². The molecule has 0 unspecified atom stereocenters.